The molecule has 0 aliphatic carbocycles. The van der Waals surface area contributed by atoms with E-state index in [4.69, 9.17) is 15.0 Å². The molecule has 0 fully saturated rings. The van der Waals surface area contributed by atoms with E-state index in [1.165, 1.54) is 0 Å². The molecule has 1 unspecified atom stereocenters. The molecule has 1 aromatic carbocycles. The molecule has 1 atom stereocenters. The van der Waals surface area contributed by atoms with Crippen molar-refractivity contribution in [1.29, 1.82) is 0 Å². The first-order valence-electron chi connectivity index (χ1n) is 6.67. The molecule has 0 bridgehead atoms. The molecule has 3 rings (SSSR count). The lowest BCUT2D eigenvalue weighted by atomic mass is 10.1. The van der Waals surface area contributed by atoms with Gasteiger partial charge in [0.25, 0.3) is 0 Å². The van der Waals surface area contributed by atoms with Gasteiger partial charge in [-0.2, -0.15) is 4.98 Å². The van der Waals surface area contributed by atoms with Crippen LogP contribution in [0.5, 0.6) is 5.75 Å². The van der Waals surface area contributed by atoms with Gasteiger partial charge in [0.1, 0.15) is 12.4 Å². The molecule has 104 valence electrons. The molecule has 1 aromatic heterocycles. The van der Waals surface area contributed by atoms with Gasteiger partial charge in [-0.15, -0.1) is 0 Å². The zero-order valence-electron chi connectivity index (χ0n) is 11.5. The zero-order chi connectivity index (χ0) is 14.1. The normalized spacial score (nSPS) is 15.5. The summed E-state index contributed by atoms with van der Waals surface area (Å²) in [7, 11) is 0. The lowest BCUT2D eigenvalue weighted by molar-refractivity contribution is 0.322. The van der Waals surface area contributed by atoms with Crippen LogP contribution in [0.4, 0.5) is 0 Å². The van der Waals surface area contributed by atoms with Gasteiger partial charge in [0.05, 0.1) is 6.04 Å². The highest BCUT2D eigenvalue weighted by atomic mass is 16.5. The third-order valence-electron chi connectivity index (χ3n) is 3.36. The minimum absolute atomic E-state index is 0.242. The van der Waals surface area contributed by atoms with Crippen LogP contribution in [0.1, 0.15) is 37.2 Å². The second-order valence-electron chi connectivity index (χ2n) is 5.22. The molecular formula is C15H17N3O2. The van der Waals surface area contributed by atoms with Crippen molar-refractivity contribution in [3.05, 3.63) is 41.5 Å². The van der Waals surface area contributed by atoms with Crippen LogP contribution >= 0.6 is 0 Å². The number of para-hydroxylation sites is 1. The summed E-state index contributed by atoms with van der Waals surface area (Å²) in [4.78, 5) is 4.38. The van der Waals surface area contributed by atoms with Gasteiger partial charge in [0.2, 0.25) is 11.7 Å². The number of benzene rings is 1. The largest absolute Gasteiger partial charge is 0.488 e. The maximum Gasteiger partial charge on any atom is 0.244 e. The molecule has 0 amide bonds. The Hall–Kier alpha value is -2.14. The van der Waals surface area contributed by atoms with Gasteiger partial charge in [-0.05, 0) is 18.1 Å². The second-order valence-corrected chi connectivity index (χ2v) is 5.22. The Morgan fingerprint density at radius 3 is 2.85 bits per heavy atom. The number of fused-ring (bicyclic) bond motifs is 1. The van der Waals surface area contributed by atoms with Crippen LogP contribution in [0, 0.1) is 5.92 Å². The molecule has 0 spiro atoms. The molecule has 0 radical (unpaired) electrons. The van der Waals surface area contributed by atoms with Crippen molar-refractivity contribution in [2.45, 2.75) is 19.9 Å². The van der Waals surface area contributed by atoms with E-state index in [1.54, 1.807) is 0 Å². The van der Waals surface area contributed by atoms with Crippen LogP contribution in [0.25, 0.3) is 11.6 Å². The van der Waals surface area contributed by atoms with Crippen LogP contribution < -0.4 is 10.5 Å². The fourth-order valence-electron chi connectivity index (χ4n) is 2.03. The standard InChI is InChI=1S/C15H17N3O2/c1-9(2)13(16)15-17-14(18-20-15)11-7-10-5-3-4-6-12(10)19-8-11/h3-7,9,13H,8,16H2,1-2H3. The number of ether oxygens (including phenoxy) is 1. The molecule has 1 aliphatic rings. The topological polar surface area (TPSA) is 74.2 Å². The minimum atomic E-state index is -0.242. The van der Waals surface area contributed by atoms with E-state index < -0.39 is 0 Å². The lowest BCUT2D eigenvalue weighted by Gasteiger charge is -2.15. The Morgan fingerprint density at radius 1 is 1.25 bits per heavy atom. The Morgan fingerprint density at radius 2 is 2.05 bits per heavy atom. The molecule has 2 N–H and O–H groups in total. The van der Waals surface area contributed by atoms with Crippen molar-refractivity contribution in [3.8, 4) is 5.75 Å². The molecular weight excluding hydrogens is 254 g/mol. The Labute approximate surface area is 117 Å². The first-order valence-corrected chi connectivity index (χ1v) is 6.67. The van der Waals surface area contributed by atoms with Gasteiger partial charge in [0.15, 0.2) is 0 Å². The van der Waals surface area contributed by atoms with Crippen LogP contribution in [-0.2, 0) is 0 Å². The molecule has 2 heterocycles. The Kier molecular flexibility index (Phi) is 3.28. The third kappa shape index (κ3) is 2.32. The van der Waals surface area contributed by atoms with Crippen LogP contribution in [0.2, 0.25) is 0 Å². The smallest absolute Gasteiger partial charge is 0.244 e. The number of nitrogens with two attached hydrogens (primary N) is 1. The van der Waals surface area contributed by atoms with Crippen LogP contribution in [0.3, 0.4) is 0 Å². The van der Waals surface area contributed by atoms with Crippen LogP contribution in [-0.4, -0.2) is 16.7 Å². The van der Waals surface area contributed by atoms with Gasteiger partial charge < -0.3 is 15.0 Å². The number of aromatic nitrogens is 2. The molecule has 5 nitrogen and oxygen atoms in total. The summed E-state index contributed by atoms with van der Waals surface area (Å²) in [6.45, 7) is 4.48. The third-order valence-corrected chi connectivity index (χ3v) is 3.36. The summed E-state index contributed by atoms with van der Waals surface area (Å²) in [5, 5.41) is 4.00. The van der Waals surface area contributed by atoms with Gasteiger partial charge in [-0.3, -0.25) is 0 Å². The summed E-state index contributed by atoms with van der Waals surface area (Å²) in [6, 6.07) is 7.62. The summed E-state index contributed by atoms with van der Waals surface area (Å²) in [5.41, 5.74) is 7.93. The molecule has 20 heavy (non-hydrogen) atoms. The van der Waals surface area contributed by atoms with E-state index in [2.05, 4.69) is 10.1 Å². The Bertz CT molecular complexity index is 646. The fraction of sp³-hybridized carbons (Fsp3) is 0.333. The van der Waals surface area contributed by atoms with Crippen molar-refractivity contribution in [3.63, 3.8) is 0 Å². The van der Waals surface area contributed by atoms with Crippen molar-refractivity contribution >= 4 is 11.6 Å². The number of nitrogens with zero attached hydrogens (tertiary/aromatic N) is 2. The minimum Gasteiger partial charge on any atom is -0.488 e. The van der Waals surface area contributed by atoms with E-state index in [0.29, 0.717) is 18.3 Å². The predicted molar refractivity (Wildman–Crippen MR) is 75.9 cm³/mol. The SMILES string of the molecule is CC(C)C(N)c1nc(C2=Cc3ccccc3OC2)no1. The van der Waals surface area contributed by atoms with Gasteiger partial charge in [-0.25, -0.2) is 0 Å². The van der Waals surface area contributed by atoms with E-state index >= 15 is 0 Å². The fourth-order valence-corrected chi connectivity index (χ4v) is 2.03. The van der Waals surface area contributed by atoms with E-state index in [9.17, 15) is 0 Å². The Balaban J connectivity index is 1.90. The summed E-state index contributed by atoms with van der Waals surface area (Å²) >= 11 is 0. The maximum absolute atomic E-state index is 6.01. The first kappa shape index (κ1) is 12.9. The zero-order valence-corrected chi connectivity index (χ0v) is 11.5. The molecule has 2 aromatic rings. The highest BCUT2D eigenvalue weighted by Gasteiger charge is 2.21. The van der Waals surface area contributed by atoms with Crippen molar-refractivity contribution in [1.82, 2.24) is 10.1 Å². The highest BCUT2D eigenvalue weighted by Crippen LogP contribution is 2.29. The van der Waals surface area contributed by atoms with Crippen molar-refractivity contribution in [2.75, 3.05) is 6.61 Å². The second kappa shape index (κ2) is 5.09. The monoisotopic (exact) mass is 271 g/mol. The quantitative estimate of drug-likeness (QED) is 0.929. The van der Waals surface area contributed by atoms with Crippen LogP contribution in [0.15, 0.2) is 28.8 Å². The van der Waals surface area contributed by atoms with E-state index in [-0.39, 0.29) is 12.0 Å². The van der Waals surface area contributed by atoms with Gasteiger partial charge >= 0.3 is 0 Å². The number of hydrogen-bond acceptors (Lipinski definition) is 5. The summed E-state index contributed by atoms with van der Waals surface area (Å²) in [6.07, 6.45) is 2.02. The van der Waals surface area contributed by atoms with E-state index in [0.717, 1.165) is 16.9 Å². The predicted octanol–water partition coefficient (Wildman–Crippen LogP) is 2.66. The maximum atomic E-state index is 6.01. The lowest BCUT2D eigenvalue weighted by Crippen LogP contribution is -2.17. The van der Waals surface area contributed by atoms with Crippen molar-refractivity contribution in [2.24, 2.45) is 11.7 Å². The molecule has 1 aliphatic heterocycles. The molecule has 0 saturated carbocycles. The molecule has 5 heteroatoms. The van der Waals surface area contributed by atoms with Crippen molar-refractivity contribution < 1.29 is 9.26 Å². The summed E-state index contributed by atoms with van der Waals surface area (Å²) in [5.74, 6) is 2.14. The van der Waals surface area contributed by atoms with Gasteiger partial charge in [0, 0.05) is 11.1 Å². The van der Waals surface area contributed by atoms with E-state index in [1.807, 2.05) is 44.2 Å². The number of rotatable bonds is 3. The number of hydrogen-bond donors (Lipinski definition) is 1. The average molecular weight is 271 g/mol. The average Bonchev–Trinajstić information content (AvgIpc) is 2.95. The molecule has 0 saturated heterocycles. The van der Waals surface area contributed by atoms with Gasteiger partial charge in [-0.1, -0.05) is 37.2 Å². The first-order chi connectivity index (χ1) is 9.65. The highest BCUT2D eigenvalue weighted by molar-refractivity contribution is 5.82. The summed E-state index contributed by atoms with van der Waals surface area (Å²) < 4.78 is 10.9.